The van der Waals surface area contributed by atoms with Gasteiger partial charge in [0.2, 0.25) is 0 Å². The Morgan fingerprint density at radius 1 is 1.23 bits per heavy atom. The Kier molecular flexibility index (Phi) is 3.80. The van der Waals surface area contributed by atoms with E-state index < -0.39 is 11.7 Å². The van der Waals surface area contributed by atoms with Gasteiger partial charge >= 0.3 is 6.18 Å². The first-order valence-electron chi connectivity index (χ1n) is 7.21. The van der Waals surface area contributed by atoms with Gasteiger partial charge in [-0.05, 0) is 36.5 Å². The van der Waals surface area contributed by atoms with E-state index in [2.05, 4.69) is 10.1 Å². The molecule has 0 aromatic carbocycles. The average Bonchev–Trinajstić information content (AvgIpc) is 2.93. The summed E-state index contributed by atoms with van der Waals surface area (Å²) in [6.45, 7) is 1.14. The number of anilines is 1. The first-order chi connectivity index (χ1) is 10.4. The number of hydrogen-bond acceptors (Lipinski definition) is 3. The molecule has 2 aromatic heterocycles. The number of alkyl halides is 3. The second kappa shape index (κ2) is 5.62. The van der Waals surface area contributed by atoms with Crippen LogP contribution < -0.4 is 4.90 Å². The van der Waals surface area contributed by atoms with Gasteiger partial charge in [-0.15, -0.1) is 0 Å². The molecular formula is C15H17F3N4. The topological polar surface area (TPSA) is 34.0 Å². The lowest BCUT2D eigenvalue weighted by molar-refractivity contribution is -0.137. The molecule has 0 atom stereocenters. The smallest absolute Gasteiger partial charge is 0.356 e. The predicted molar refractivity (Wildman–Crippen MR) is 76.6 cm³/mol. The van der Waals surface area contributed by atoms with Crippen LogP contribution in [-0.4, -0.2) is 27.9 Å². The van der Waals surface area contributed by atoms with Crippen LogP contribution in [0.3, 0.4) is 0 Å². The highest BCUT2D eigenvalue weighted by atomic mass is 19.4. The molecular weight excluding hydrogens is 293 g/mol. The molecule has 1 aliphatic rings. The number of aryl methyl sites for hydroxylation is 1. The molecule has 118 valence electrons. The molecule has 0 unspecified atom stereocenters. The van der Waals surface area contributed by atoms with E-state index in [1.165, 1.54) is 12.3 Å². The zero-order valence-electron chi connectivity index (χ0n) is 12.2. The standard InChI is InChI=1S/C15H17F3N4/c1-21-10-12(9-20-21)11-4-7-22(8-5-11)14-13(15(16,17)18)3-2-6-19-14/h2-3,6,9-11H,4-5,7-8H2,1H3. The molecule has 0 bridgehead atoms. The lowest BCUT2D eigenvalue weighted by Crippen LogP contribution is -2.35. The molecule has 0 amide bonds. The molecule has 1 saturated heterocycles. The SMILES string of the molecule is Cn1cc(C2CCN(c3ncccc3C(F)(F)F)CC2)cn1. The number of piperidine rings is 1. The zero-order valence-corrected chi connectivity index (χ0v) is 12.2. The third-order valence-electron chi connectivity index (χ3n) is 4.08. The summed E-state index contributed by atoms with van der Waals surface area (Å²) in [6, 6.07) is 2.42. The van der Waals surface area contributed by atoms with Gasteiger partial charge in [-0.3, -0.25) is 4.68 Å². The number of rotatable bonds is 2. The van der Waals surface area contributed by atoms with Gasteiger partial charge < -0.3 is 4.90 Å². The van der Waals surface area contributed by atoms with E-state index in [1.54, 1.807) is 9.58 Å². The Bertz CT molecular complexity index is 642. The van der Waals surface area contributed by atoms with Gasteiger partial charge in [-0.1, -0.05) is 0 Å². The molecule has 2 aromatic rings. The van der Waals surface area contributed by atoms with Crippen LogP contribution in [0.15, 0.2) is 30.7 Å². The molecule has 4 nitrogen and oxygen atoms in total. The Labute approximate surface area is 126 Å². The summed E-state index contributed by atoms with van der Waals surface area (Å²) in [6.07, 6.45) is 2.46. The van der Waals surface area contributed by atoms with Crippen molar-refractivity contribution in [3.05, 3.63) is 41.9 Å². The molecule has 3 heterocycles. The van der Waals surface area contributed by atoms with Crippen LogP contribution in [-0.2, 0) is 13.2 Å². The minimum Gasteiger partial charge on any atom is -0.356 e. The Balaban J connectivity index is 1.74. The lowest BCUT2D eigenvalue weighted by Gasteiger charge is -2.33. The van der Waals surface area contributed by atoms with Gasteiger partial charge in [0.05, 0.1) is 11.8 Å². The summed E-state index contributed by atoms with van der Waals surface area (Å²) >= 11 is 0. The molecule has 7 heteroatoms. The number of halogens is 3. The summed E-state index contributed by atoms with van der Waals surface area (Å²) in [5.41, 5.74) is 0.494. The van der Waals surface area contributed by atoms with E-state index in [9.17, 15) is 13.2 Å². The normalized spacial score (nSPS) is 17.0. The van der Waals surface area contributed by atoms with Gasteiger partial charge in [0.15, 0.2) is 0 Å². The van der Waals surface area contributed by atoms with Crippen LogP contribution in [0.5, 0.6) is 0 Å². The Hall–Kier alpha value is -2.05. The molecule has 0 saturated carbocycles. The third kappa shape index (κ3) is 2.93. The van der Waals surface area contributed by atoms with E-state index in [1.807, 2.05) is 19.4 Å². The molecule has 0 aliphatic carbocycles. The molecule has 0 spiro atoms. The van der Waals surface area contributed by atoms with Crippen molar-refractivity contribution in [2.24, 2.45) is 7.05 Å². The van der Waals surface area contributed by atoms with Crippen LogP contribution >= 0.6 is 0 Å². The predicted octanol–water partition coefficient (Wildman–Crippen LogP) is 3.22. The number of nitrogens with zero attached hydrogens (tertiary/aromatic N) is 4. The van der Waals surface area contributed by atoms with Crippen LogP contribution in [0.4, 0.5) is 19.0 Å². The first kappa shape index (κ1) is 14.9. The summed E-state index contributed by atoms with van der Waals surface area (Å²) in [4.78, 5) is 5.69. The fourth-order valence-corrected chi connectivity index (χ4v) is 2.95. The minimum atomic E-state index is -4.37. The van der Waals surface area contributed by atoms with Crippen LogP contribution in [0.1, 0.15) is 29.9 Å². The summed E-state index contributed by atoms with van der Waals surface area (Å²) < 4.78 is 41.0. The van der Waals surface area contributed by atoms with Crippen molar-refractivity contribution in [3.8, 4) is 0 Å². The highest BCUT2D eigenvalue weighted by Crippen LogP contribution is 2.37. The first-order valence-corrected chi connectivity index (χ1v) is 7.21. The fourth-order valence-electron chi connectivity index (χ4n) is 2.95. The van der Waals surface area contributed by atoms with Gasteiger partial charge in [-0.25, -0.2) is 4.98 Å². The van der Waals surface area contributed by atoms with E-state index >= 15 is 0 Å². The Morgan fingerprint density at radius 3 is 2.55 bits per heavy atom. The van der Waals surface area contributed by atoms with Crippen LogP contribution in [0.25, 0.3) is 0 Å². The summed E-state index contributed by atoms with van der Waals surface area (Å²) in [7, 11) is 1.86. The van der Waals surface area contributed by atoms with Crippen molar-refractivity contribution >= 4 is 5.82 Å². The van der Waals surface area contributed by atoms with Crippen molar-refractivity contribution in [1.29, 1.82) is 0 Å². The second-order valence-corrected chi connectivity index (χ2v) is 5.58. The zero-order chi connectivity index (χ0) is 15.7. The van der Waals surface area contributed by atoms with Crippen molar-refractivity contribution in [2.75, 3.05) is 18.0 Å². The van der Waals surface area contributed by atoms with E-state index in [0.717, 1.165) is 24.5 Å². The molecule has 22 heavy (non-hydrogen) atoms. The van der Waals surface area contributed by atoms with E-state index in [4.69, 9.17) is 0 Å². The second-order valence-electron chi connectivity index (χ2n) is 5.58. The maximum Gasteiger partial charge on any atom is 0.419 e. The van der Waals surface area contributed by atoms with Crippen molar-refractivity contribution in [2.45, 2.75) is 24.9 Å². The largest absolute Gasteiger partial charge is 0.419 e. The van der Waals surface area contributed by atoms with Crippen LogP contribution in [0.2, 0.25) is 0 Å². The number of pyridine rings is 1. The van der Waals surface area contributed by atoms with Gasteiger partial charge in [-0.2, -0.15) is 18.3 Å². The third-order valence-corrected chi connectivity index (χ3v) is 4.08. The maximum absolute atomic E-state index is 13.1. The van der Waals surface area contributed by atoms with Gasteiger partial charge in [0.1, 0.15) is 5.82 Å². The van der Waals surface area contributed by atoms with E-state index in [0.29, 0.717) is 19.0 Å². The summed E-state index contributed by atoms with van der Waals surface area (Å²) in [5, 5.41) is 4.16. The Morgan fingerprint density at radius 2 is 1.95 bits per heavy atom. The monoisotopic (exact) mass is 310 g/mol. The number of aromatic nitrogens is 3. The van der Waals surface area contributed by atoms with E-state index in [-0.39, 0.29) is 5.82 Å². The summed E-state index contributed by atoms with van der Waals surface area (Å²) in [5.74, 6) is 0.391. The molecule has 1 fully saturated rings. The molecule has 1 aliphatic heterocycles. The van der Waals surface area contributed by atoms with Crippen molar-refractivity contribution in [3.63, 3.8) is 0 Å². The van der Waals surface area contributed by atoms with Crippen LogP contribution in [0, 0.1) is 0 Å². The van der Waals surface area contributed by atoms with Gasteiger partial charge in [0, 0.05) is 32.5 Å². The molecule has 0 radical (unpaired) electrons. The highest BCUT2D eigenvalue weighted by Gasteiger charge is 2.36. The quantitative estimate of drug-likeness (QED) is 0.854. The molecule has 3 rings (SSSR count). The fraction of sp³-hybridized carbons (Fsp3) is 0.467. The van der Waals surface area contributed by atoms with Crippen molar-refractivity contribution < 1.29 is 13.2 Å². The highest BCUT2D eigenvalue weighted by molar-refractivity contribution is 5.48. The molecule has 0 N–H and O–H groups in total. The minimum absolute atomic E-state index is 0.0413. The number of hydrogen-bond donors (Lipinski definition) is 0. The maximum atomic E-state index is 13.1. The van der Waals surface area contributed by atoms with Gasteiger partial charge in [0.25, 0.3) is 0 Å². The lowest BCUT2D eigenvalue weighted by atomic mass is 9.91. The average molecular weight is 310 g/mol. The van der Waals surface area contributed by atoms with Crippen molar-refractivity contribution in [1.82, 2.24) is 14.8 Å².